The maximum Gasteiger partial charge on any atom is 0.251 e. The number of amides is 3. The van der Waals surface area contributed by atoms with Crippen LogP contribution in [0.25, 0.3) is 0 Å². The molecule has 0 radical (unpaired) electrons. The van der Waals surface area contributed by atoms with E-state index in [1.54, 1.807) is 24.3 Å². The van der Waals surface area contributed by atoms with Crippen molar-refractivity contribution in [2.75, 3.05) is 18.1 Å². The molecular weight excluding hydrogens is 492 g/mol. The predicted octanol–water partition coefficient (Wildman–Crippen LogP) is 3.02. The summed E-state index contributed by atoms with van der Waals surface area (Å²) in [6.07, 6.45) is 3.37. The van der Waals surface area contributed by atoms with Gasteiger partial charge in [-0.2, -0.15) is 0 Å². The maximum absolute atomic E-state index is 12.8. The first-order chi connectivity index (χ1) is 13.5. The number of carbonyl (C=O) groups is 3. The van der Waals surface area contributed by atoms with Crippen molar-refractivity contribution in [3.63, 3.8) is 0 Å². The zero-order valence-corrected chi connectivity index (χ0v) is 18.4. The normalized spacial score (nSPS) is 32.5. The van der Waals surface area contributed by atoms with Crippen molar-refractivity contribution in [3.05, 3.63) is 29.8 Å². The molecule has 1 saturated carbocycles. The van der Waals surface area contributed by atoms with Gasteiger partial charge in [0, 0.05) is 28.4 Å². The second-order valence-electron chi connectivity index (χ2n) is 7.62. The number of halogens is 2. The molecule has 3 aliphatic rings. The number of hydrogen-bond acceptors (Lipinski definition) is 4. The van der Waals surface area contributed by atoms with E-state index < -0.39 is 0 Å². The van der Waals surface area contributed by atoms with Gasteiger partial charge in [-0.15, -0.1) is 0 Å². The lowest BCUT2D eigenvalue weighted by Gasteiger charge is -2.29. The molecule has 8 heteroatoms. The molecular formula is C20H22Br2N2O4. The van der Waals surface area contributed by atoms with Gasteiger partial charge in [-0.3, -0.25) is 19.3 Å². The van der Waals surface area contributed by atoms with Crippen LogP contribution in [0.1, 0.15) is 36.0 Å². The van der Waals surface area contributed by atoms with Gasteiger partial charge in [0.1, 0.15) is 0 Å². The molecule has 0 spiro atoms. The van der Waals surface area contributed by atoms with Crippen molar-refractivity contribution >= 4 is 55.3 Å². The van der Waals surface area contributed by atoms with Gasteiger partial charge >= 0.3 is 0 Å². The first-order valence-electron chi connectivity index (χ1n) is 9.61. The highest BCUT2D eigenvalue weighted by atomic mass is 79.9. The Kier molecular flexibility index (Phi) is 5.90. The molecule has 2 heterocycles. The molecule has 6 nitrogen and oxygen atoms in total. The number of alkyl halides is 2. The molecule has 0 unspecified atom stereocenters. The number of imide groups is 1. The lowest BCUT2D eigenvalue weighted by molar-refractivity contribution is -0.122. The van der Waals surface area contributed by atoms with Crippen LogP contribution in [0.3, 0.4) is 0 Å². The molecule has 0 bridgehead atoms. The summed E-state index contributed by atoms with van der Waals surface area (Å²) in [4.78, 5) is 39.7. The summed E-state index contributed by atoms with van der Waals surface area (Å²) < 4.78 is 5.51. The summed E-state index contributed by atoms with van der Waals surface area (Å²) in [5, 5.41) is 2.88. The molecule has 1 aromatic carbocycles. The number of nitrogens with zero attached hydrogens (tertiary/aromatic N) is 1. The number of benzene rings is 1. The summed E-state index contributed by atoms with van der Waals surface area (Å²) in [6, 6.07) is 6.66. The summed E-state index contributed by atoms with van der Waals surface area (Å²) >= 11 is 7.19. The van der Waals surface area contributed by atoms with Crippen molar-refractivity contribution in [2.45, 2.75) is 41.4 Å². The van der Waals surface area contributed by atoms with Crippen molar-refractivity contribution in [1.29, 1.82) is 0 Å². The van der Waals surface area contributed by atoms with E-state index in [0.717, 1.165) is 19.4 Å². The monoisotopic (exact) mass is 512 g/mol. The van der Waals surface area contributed by atoms with Crippen molar-refractivity contribution in [3.8, 4) is 0 Å². The summed E-state index contributed by atoms with van der Waals surface area (Å²) in [7, 11) is 0. The van der Waals surface area contributed by atoms with Gasteiger partial charge in [-0.25, -0.2) is 0 Å². The molecule has 0 aromatic heterocycles. The average Bonchev–Trinajstić information content (AvgIpc) is 3.29. The molecule has 5 atom stereocenters. The molecule has 28 heavy (non-hydrogen) atoms. The van der Waals surface area contributed by atoms with E-state index in [1.165, 1.54) is 4.90 Å². The van der Waals surface area contributed by atoms with Gasteiger partial charge in [0.05, 0.1) is 23.6 Å². The quantitative estimate of drug-likeness (QED) is 0.496. The molecule has 1 aliphatic carbocycles. The van der Waals surface area contributed by atoms with Gasteiger partial charge in [0.2, 0.25) is 11.8 Å². The molecule has 1 aromatic rings. The fourth-order valence-corrected chi connectivity index (χ4v) is 5.46. The molecule has 2 saturated heterocycles. The van der Waals surface area contributed by atoms with Crippen LogP contribution in [-0.4, -0.2) is 46.6 Å². The molecule has 150 valence electrons. The smallest absolute Gasteiger partial charge is 0.251 e. The van der Waals surface area contributed by atoms with E-state index in [1.807, 2.05) is 0 Å². The zero-order chi connectivity index (χ0) is 19.8. The van der Waals surface area contributed by atoms with E-state index >= 15 is 0 Å². The molecule has 4 rings (SSSR count). The highest BCUT2D eigenvalue weighted by Gasteiger charge is 2.52. The fourth-order valence-electron chi connectivity index (χ4n) is 4.23. The SMILES string of the molecule is O=C(NC[C@@H]1CCCO1)c1ccc(N2C(=O)[C@H]3C[C@@H](Br)[C@@H](Br)C[C@@H]3C2=O)cc1. The first kappa shape index (κ1) is 20.0. The van der Waals surface area contributed by atoms with Crippen LogP contribution in [0.15, 0.2) is 24.3 Å². The molecule has 3 fully saturated rings. The number of nitrogens with one attached hydrogen (secondary N) is 1. The van der Waals surface area contributed by atoms with Crippen LogP contribution in [0.5, 0.6) is 0 Å². The highest BCUT2D eigenvalue weighted by molar-refractivity contribution is 9.12. The Bertz CT molecular complexity index is 751. The fraction of sp³-hybridized carbons (Fsp3) is 0.550. The number of rotatable bonds is 4. The van der Waals surface area contributed by atoms with Crippen LogP contribution in [0.2, 0.25) is 0 Å². The predicted molar refractivity (Wildman–Crippen MR) is 112 cm³/mol. The number of anilines is 1. The Morgan fingerprint density at radius 3 is 2.21 bits per heavy atom. The lowest BCUT2D eigenvalue weighted by Crippen LogP contribution is -2.34. The van der Waals surface area contributed by atoms with Crippen molar-refractivity contribution in [1.82, 2.24) is 5.32 Å². The Hall–Kier alpha value is -1.25. The van der Waals surface area contributed by atoms with Crippen LogP contribution in [0.4, 0.5) is 5.69 Å². The summed E-state index contributed by atoms with van der Waals surface area (Å²) in [5.74, 6) is -1.02. The van der Waals surface area contributed by atoms with E-state index in [9.17, 15) is 14.4 Å². The van der Waals surface area contributed by atoms with Crippen LogP contribution in [-0.2, 0) is 14.3 Å². The van der Waals surface area contributed by atoms with E-state index in [-0.39, 0.29) is 45.3 Å². The molecule has 2 aliphatic heterocycles. The number of fused-ring (bicyclic) bond motifs is 1. The minimum absolute atomic E-state index is 0.0860. The van der Waals surface area contributed by atoms with Crippen molar-refractivity contribution < 1.29 is 19.1 Å². The lowest BCUT2D eigenvalue weighted by atomic mass is 9.81. The Morgan fingerprint density at radius 1 is 1.07 bits per heavy atom. The van der Waals surface area contributed by atoms with E-state index in [2.05, 4.69) is 37.2 Å². The Balaban J connectivity index is 1.44. The van der Waals surface area contributed by atoms with Gasteiger partial charge in [0.25, 0.3) is 5.91 Å². The van der Waals surface area contributed by atoms with Crippen LogP contribution in [0, 0.1) is 11.8 Å². The Morgan fingerprint density at radius 2 is 1.68 bits per heavy atom. The zero-order valence-electron chi connectivity index (χ0n) is 15.3. The second-order valence-corrected chi connectivity index (χ2v) is 9.97. The third kappa shape index (κ3) is 3.78. The number of ether oxygens (including phenoxy) is 1. The number of carbonyl (C=O) groups excluding carboxylic acids is 3. The van der Waals surface area contributed by atoms with Gasteiger partial charge in [-0.1, -0.05) is 31.9 Å². The van der Waals surface area contributed by atoms with E-state index in [0.29, 0.717) is 30.6 Å². The van der Waals surface area contributed by atoms with Gasteiger partial charge < -0.3 is 10.1 Å². The van der Waals surface area contributed by atoms with Crippen LogP contribution < -0.4 is 10.2 Å². The largest absolute Gasteiger partial charge is 0.376 e. The topological polar surface area (TPSA) is 75.7 Å². The first-order valence-corrected chi connectivity index (χ1v) is 11.4. The third-order valence-electron chi connectivity index (χ3n) is 5.81. The minimum Gasteiger partial charge on any atom is -0.376 e. The standard InChI is InChI=1S/C20H22Br2N2O4/c21-16-8-14-15(9-17(16)22)20(27)24(19(14)26)12-5-3-11(4-6-12)18(25)23-10-13-2-1-7-28-13/h3-6,13-17H,1-2,7-10H2,(H,23,25)/t13-,14-,15-,16-,17+/m0/s1. The van der Waals surface area contributed by atoms with E-state index in [4.69, 9.17) is 4.74 Å². The van der Waals surface area contributed by atoms with Crippen LogP contribution >= 0.6 is 31.9 Å². The Labute approximate surface area is 180 Å². The molecule has 1 N–H and O–H groups in total. The summed E-state index contributed by atoms with van der Waals surface area (Å²) in [6.45, 7) is 1.25. The maximum atomic E-state index is 12.8. The second kappa shape index (κ2) is 8.24. The van der Waals surface area contributed by atoms with Crippen molar-refractivity contribution in [2.24, 2.45) is 11.8 Å². The average molecular weight is 514 g/mol. The summed E-state index contributed by atoms with van der Waals surface area (Å²) in [5.41, 5.74) is 1.02. The van der Waals surface area contributed by atoms with Gasteiger partial charge in [-0.05, 0) is 49.9 Å². The third-order valence-corrected chi connectivity index (χ3v) is 8.55. The highest BCUT2D eigenvalue weighted by Crippen LogP contribution is 2.44. The molecule has 3 amide bonds. The minimum atomic E-state index is -0.278. The number of hydrogen-bond donors (Lipinski definition) is 1. The van der Waals surface area contributed by atoms with Gasteiger partial charge in [0.15, 0.2) is 0 Å².